The summed E-state index contributed by atoms with van der Waals surface area (Å²) >= 11 is 0. The van der Waals surface area contributed by atoms with Crippen LogP contribution in [0.25, 0.3) is 0 Å². The topological polar surface area (TPSA) is 64.8 Å². The Morgan fingerprint density at radius 3 is 3.10 bits per heavy atom. The summed E-state index contributed by atoms with van der Waals surface area (Å²) in [5.41, 5.74) is 6.60. The number of benzene rings is 1. The molecular formula is C16H22N2O3. The smallest absolute Gasteiger partial charge is 0.260 e. The van der Waals surface area contributed by atoms with Gasteiger partial charge in [0.15, 0.2) is 6.61 Å². The van der Waals surface area contributed by atoms with Crippen LogP contribution in [0.2, 0.25) is 0 Å². The Balaban J connectivity index is 1.61. The minimum Gasteiger partial charge on any atom is -0.483 e. The summed E-state index contributed by atoms with van der Waals surface area (Å²) in [4.78, 5) is 14.4. The Morgan fingerprint density at radius 1 is 1.38 bits per heavy atom. The number of hydrogen-bond acceptors (Lipinski definition) is 4. The van der Waals surface area contributed by atoms with Crippen molar-refractivity contribution in [3.8, 4) is 5.75 Å². The number of fused-ring (bicyclic) bond motifs is 1. The minimum absolute atomic E-state index is 0.0435. The summed E-state index contributed by atoms with van der Waals surface area (Å²) in [6, 6.07) is 7.82. The second kappa shape index (κ2) is 6.45. The van der Waals surface area contributed by atoms with Crippen LogP contribution in [0.5, 0.6) is 5.75 Å². The third kappa shape index (κ3) is 3.04. The number of hydrogen-bond donors (Lipinski definition) is 1. The first-order valence-corrected chi connectivity index (χ1v) is 7.61. The average Bonchev–Trinajstić information content (AvgIpc) is 3.01. The normalized spacial score (nSPS) is 24.7. The van der Waals surface area contributed by atoms with Crippen molar-refractivity contribution in [2.24, 2.45) is 5.73 Å². The molecule has 1 aromatic carbocycles. The molecule has 1 amide bonds. The zero-order valence-electron chi connectivity index (χ0n) is 12.2. The maximum atomic E-state index is 12.4. The Morgan fingerprint density at radius 2 is 2.24 bits per heavy atom. The highest BCUT2D eigenvalue weighted by Crippen LogP contribution is 2.29. The van der Waals surface area contributed by atoms with Crippen molar-refractivity contribution in [1.82, 2.24) is 4.90 Å². The molecule has 1 aromatic rings. The molecule has 0 radical (unpaired) electrons. The highest BCUT2D eigenvalue weighted by Gasteiger charge is 2.38. The van der Waals surface area contributed by atoms with Crippen LogP contribution < -0.4 is 10.5 Å². The zero-order valence-corrected chi connectivity index (χ0v) is 12.2. The van der Waals surface area contributed by atoms with E-state index < -0.39 is 0 Å². The Kier molecular flexibility index (Phi) is 4.41. The molecule has 0 bridgehead atoms. The van der Waals surface area contributed by atoms with Crippen molar-refractivity contribution in [3.63, 3.8) is 0 Å². The van der Waals surface area contributed by atoms with E-state index in [0.717, 1.165) is 24.8 Å². The van der Waals surface area contributed by atoms with Gasteiger partial charge in [0, 0.05) is 18.7 Å². The van der Waals surface area contributed by atoms with Crippen LogP contribution in [0.1, 0.15) is 24.8 Å². The van der Waals surface area contributed by atoms with Gasteiger partial charge in [-0.3, -0.25) is 4.79 Å². The number of carbonyl (C=O) groups is 1. The number of nitrogens with two attached hydrogens (primary N) is 1. The number of ether oxygens (including phenoxy) is 2. The van der Waals surface area contributed by atoms with Gasteiger partial charge in [-0.2, -0.15) is 0 Å². The highest BCUT2D eigenvalue weighted by atomic mass is 16.5. The van der Waals surface area contributed by atoms with Crippen LogP contribution in [0.3, 0.4) is 0 Å². The average molecular weight is 290 g/mol. The second-order valence-corrected chi connectivity index (χ2v) is 5.60. The van der Waals surface area contributed by atoms with E-state index in [-0.39, 0.29) is 24.7 Å². The van der Waals surface area contributed by atoms with Gasteiger partial charge in [-0.1, -0.05) is 18.2 Å². The summed E-state index contributed by atoms with van der Waals surface area (Å²) < 4.78 is 11.4. The van der Waals surface area contributed by atoms with E-state index in [4.69, 9.17) is 15.2 Å². The maximum absolute atomic E-state index is 12.4. The molecule has 0 aromatic heterocycles. The van der Waals surface area contributed by atoms with Crippen molar-refractivity contribution in [2.45, 2.75) is 38.0 Å². The fourth-order valence-electron chi connectivity index (χ4n) is 3.27. The van der Waals surface area contributed by atoms with E-state index in [1.54, 1.807) is 0 Å². The van der Waals surface area contributed by atoms with E-state index in [1.165, 1.54) is 0 Å². The van der Waals surface area contributed by atoms with E-state index in [9.17, 15) is 4.79 Å². The first-order chi connectivity index (χ1) is 10.3. The molecule has 1 aliphatic heterocycles. The van der Waals surface area contributed by atoms with Gasteiger partial charge in [-0.15, -0.1) is 0 Å². The molecule has 2 atom stereocenters. The lowest BCUT2D eigenvalue weighted by Crippen LogP contribution is -2.52. The maximum Gasteiger partial charge on any atom is 0.260 e. The van der Waals surface area contributed by atoms with Crippen molar-refractivity contribution in [1.29, 1.82) is 0 Å². The summed E-state index contributed by atoms with van der Waals surface area (Å²) in [5, 5.41) is 0. The Labute approximate surface area is 125 Å². The molecule has 3 rings (SSSR count). The van der Waals surface area contributed by atoms with Crippen molar-refractivity contribution in [2.75, 3.05) is 19.8 Å². The van der Waals surface area contributed by atoms with Crippen LogP contribution >= 0.6 is 0 Å². The molecule has 1 heterocycles. The number of rotatable bonds is 4. The number of nitrogens with zero attached hydrogens (tertiary/aromatic N) is 1. The molecule has 5 heteroatoms. The van der Waals surface area contributed by atoms with E-state index >= 15 is 0 Å². The third-order valence-corrected chi connectivity index (χ3v) is 4.35. The van der Waals surface area contributed by atoms with Crippen molar-refractivity contribution in [3.05, 3.63) is 29.8 Å². The second-order valence-electron chi connectivity index (χ2n) is 5.60. The van der Waals surface area contributed by atoms with Gasteiger partial charge in [0.1, 0.15) is 5.75 Å². The summed E-state index contributed by atoms with van der Waals surface area (Å²) in [6.45, 7) is 1.78. The fraction of sp³-hybridized carbons (Fsp3) is 0.562. The molecule has 5 nitrogen and oxygen atoms in total. The predicted octanol–water partition coefficient (Wildman–Crippen LogP) is 1.30. The van der Waals surface area contributed by atoms with E-state index in [1.807, 2.05) is 29.2 Å². The monoisotopic (exact) mass is 290 g/mol. The van der Waals surface area contributed by atoms with Crippen LogP contribution in [0.15, 0.2) is 24.3 Å². The molecule has 1 aliphatic carbocycles. The predicted molar refractivity (Wildman–Crippen MR) is 78.9 cm³/mol. The van der Waals surface area contributed by atoms with Gasteiger partial charge in [0.2, 0.25) is 0 Å². The third-order valence-electron chi connectivity index (χ3n) is 4.35. The van der Waals surface area contributed by atoms with Gasteiger partial charge in [0.25, 0.3) is 5.91 Å². The summed E-state index contributed by atoms with van der Waals surface area (Å²) in [7, 11) is 0. The summed E-state index contributed by atoms with van der Waals surface area (Å²) in [6.07, 6.45) is 3.45. The molecule has 1 saturated heterocycles. The quantitative estimate of drug-likeness (QED) is 0.908. The number of amides is 1. The van der Waals surface area contributed by atoms with Crippen molar-refractivity contribution >= 4 is 5.91 Å². The lowest BCUT2D eigenvalue weighted by atomic mass is 10.1. The fourth-order valence-corrected chi connectivity index (χ4v) is 3.27. The van der Waals surface area contributed by atoms with Crippen LogP contribution in [-0.2, 0) is 16.1 Å². The van der Waals surface area contributed by atoms with Gasteiger partial charge >= 0.3 is 0 Å². The van der Waals surface area contributed by atoms with Gasteiger partial charge < -0.3 is 20.1 Å². The molecular weight excluding hydrogens is 268 g/mol. The lowest BCUT2D eigenvalue weighted by molar-refractivity contribution is -0.146. The highest BCUT2D eigenvalue weighted by molar-refractivity contribution is 5.78. The molecule has 2 N–H and O–H groups in total. The number of para-hydroxylation sites is 1. The van der Waals surface area contributed by atoms with Gasteiger partial charge in [-0.25, -0.2) is 0 Å². The number of carbonyl (C=O) groups excluding carboxylic acids is 1. The van der Waals surface area contributed by atoms with Crippen LogP contribution in [0.4, 0.5) is 0 Å². The van der Waals surface area contributed by atoms with E-state index in [0.29, 0.717) is 25.4 Å². The molecule has 2 unspecified atom stereocenters. The largest absolute Gasteiger partial charge is 0.483 e. The molecule has 1 saturated carbocycles. The Bertz CT molecular complexity index is 506. The Hall–Kier alpha value is -1.59. The zero-order chi connectivity index (χ0) is 14.7. The first kappa shape index (κ1) is 14.4. The molecule has 2 aliphatic rings. The number of morpholine rings is 1. The standard InChI is InChI=1S/C16H22N2O3/c17-10-12-4-1-2-6-14(12)21-11-16(19)18-8-9-20-15-7-3-5-13(15)18/h1-2,4,6,13,15H,3,5,7-11,17H2. The van der Waals surface area contributed by atoms with E-state index in [2.05, 4.69) is 0 Å². The first-order valence-electron chi connectivity index (χ1n) is 7.61. The summed E-state index contributed by atoms with van der Waals surface area (Å²) in [5.74, 6) is 0.742. The minimum atomic E-state index is 0.0435. The van der Waals surface area contributed by atoms with Gasteiger partial charge in [-0.05, 0) is 25.3 Å². The molecule has 0 spiro atoms. The lowest BCUT2D eigenvalue weighted by Gasteiger charge is -2.37. The SMILES string of the molecule is NCc1ccccc1OCC(=O)N1CCOC2CCCC21. The molecule has 21 heavy (non-hydrogen) atoms. The van der Waals surface area contributed by atoms with Gasteiger partial charge in [0.05, 0.1) is 18.8 Å². The van der Waals surface area contributed by atoms with Crippen molar-refractivity contribution < 1.29 is 14.3 Å². The molecule has 114 valence electrons. The molecule has 2 fully saturated rings. The van der Waals surface area contributed by atoms with Crippen LogP contribution in [-0.4, -0.2) is 42.7 Å². The van der Waals surface area contributed by atoms with Crippen LogP contribution in [0, 0.1) is 0 Å².